The first kappa shape index (κ1) is 17.6. The Labute approximate surface area is 159 Å². The zero-order valence-electron chi connectivity index (χ0n) is 15.6. The van der Waals surface area contributed by atoms with E-state index in [2.05, 4.69) is 12.1 Å². The molecule has 2 aromatic carbocycles. The Morgan fingerprint density at radius 1 is 1.11 bits per heavy atom. The predicted octanol–water partition coefficient (Wildman–Crippen LogP) is 3.02. The van der Waals surface area contributed by atoms with Crippen LogP contribution >= 0.6 is 0 Å². The van der Waals surface area contributed by atoms with Crippen molar-refractivity contribution in [2.24, 2.45) is 5.92 Å². The summed E-state index contributed by atoms with van der Waals surface area (Å²) in [7, 11) is 0. The van der Waals surface area contributed by atoms with Crippen LogP contribution in [0.25, 0.3) is 0 Å². The Bertz CT molecular complexity index is 864. The van der Waals surface area contributed by atoms with E-state index in [1.807, 2.05) is 48.2 Å². The van der Waals surface area contributed by atoms with Gasteiger partial charge in [0, 0.05) is 26.1 Å². The summed E-state index contributed by atoms with van der Waals surface area (Å²) in [5, 5.41) is 0. The van der Waals surface area contributed by atoms with Gasteiger partial charge in [-0.2, -0.15) is 0 Å². The minimum Gasteiger partial charge on any atom is -0.492 e. The molecular formula is C22H24N2O3. The molecule has 27 heavy (non-hydrogen) atoms. The molecule has 0 unspecified atom stereocenters. The monoisotopic (exact) mass is 364 g/mol. The Morgan fingerprint density at radius 3 is 2.67 bits per heavy atom. The normalized spacial score (nSPS) is 19.1. The van der Waals surface area contributed by atoms with E-state index in [1.54, 1.807) is 4.90 Å². The van der Waals surface area contributed by atoms with Crippen molar-refractivity contribution < 1.29 is 14.3 Å². The van der Waals surface area contributed by atoms with Gasteiger partial charge < -0.3 is 14.5 Å². The fourth-order valence-corrected chi connectivity index (χ4v) is 4.01. The number of rotatable bonds is 4. The lowest BCUT2D eigenvalue weighted by Gasteiger charge is -2.30. The minimum absolute atomic E-state index is 0.0158. The number of ether oxygens (including phenoxy) is 1. The van der Waals surface area contributed by atoms with Gasteiger partial charge in [-0.3, -0.25) is 9.59 Å². The first-order valence-corrected chi connectivity index (χ1v) is 9.55. The second-order valence-corrected chi connectivity index (χ2v) is 7.08. The van der Waals surface area contributed by atoms with E-state index in [-0.39, 0.29) is 24.2 Å². The Balaban J connectivity index is 1.49. The summed E-state index contributed by atoms with van der Waals surface area (Å²) in [4.78, 5) is 29.3. The number of carbonyl (C=O) groups excluding carboxylic acids is 2. The summed E-state index contributed by atoms with van der Waals surface area (Å²) in [6.07, 6.45) is 1.14. The van der Waals surface area contributed by atoms with Gasteiger partial charge in [-0.1, -0.05) is 36.4 Å². The molecular weight excluding hydrogens is 340 g/mol. The van der Waals surface area contributed by atoms with Crippen molar-refractivity contribution in [3.63, 3.8) is 0 Å². The quantitative estimate of drug-likeness (QED) is 0.838. The zero-order chi connectivity index (χ0) is 18.8. The van der Waals surface area contributed by atoms with E-state index in [0.717, 1.165) is 18.7 Å². The second kappa shape index (κ2) is 7.43. The molecule has 2 aromatic rings. The zero-order valence-corrected chi connectivity index (χ0v) is 15.6. The van der Waals surface area contributed by atoms with Crippen LogP contribution in [0.5, 0.6) is 5.75 Å². The lowest BCUT2D eigenvalue weighted by molar-refractivity contribution is -0.136. The van der Waals surface area contributed by atoms with Crippen LogP contribution in [0.15, 0.2) is 48.5 Å². The number of hydrogen-bond donors (Lipinski definition) is 0. The van der Waals surface area contributed by atoms with Crippen molar-refractivity contribution >= 4 is 17.5 Å². The molecule has 0 spiro atoms. The molecule has 1 atom stereocenters. The molecule has 0 aliphatic carbocycles. The van der Waals surface area contributed by atoms with E-state index in [0.29, 0.717) is 25.4 Å². The highest BCUT2D eigenvalue weighted by Gasteiger charge is 2.38. The Kier molecular flexibility index (Phi) is 4.84. The lowest BCUT2D eigenvalue weighted by Crippen LogP contribution is -2.40. The second-order valence-electron chi connectivity index (χ2n) is 7.08. The number of para-hydroxylation sites is 2. The number of nitrogens with zero attached hydrogens (tertiary/aromatic N) is 2. The summed E-state index contributed by atoms with van der Waals surface area (Å²) < 4.78 is 5.66. The van der Waals surface area contributed by atoms with Crippen molar-refractivity contribution in [1.29, 1.82) is 0 Å². The van der Waals surface area contributed by atoms with Gasteiger partial charge in [0.2, 0.25) is 11.8 Å². The van der Waals surface area contributed by atoms with Crippen molar-refractivity contribution in [1.82, 2.24) is 4.90 Å². The van der Waals surface area contributed by atoms with Crippen LogP contribution < -0.4 is 9.64 Å². The van der Waals surface area contributed by atoms with Crippen LogP contribution in [0, 0.1) is 5.92 Å². The topological polar surface area (TPSA) is 49.9 Å². The first-order valence-electron chi connectivity index (χ1n) is 9.55. The van der Waals surface area contributed by atoms with Crippen molar-refractivity contribution in [2.45, 2.75) is 26.3 Å². The van der Waals surface area contributed by atoms with Crippen molar-refractivity contribution in [3.05, 3.63) is 59.7 Å². The highest BCUT2D eigenvalue weighted by Crippen LogP contribution is 2.34. The van der Waals surface area contributed by atoms with Gasteiger partial charge in [0.1, 0.15) is 5.75 Å². The van der Waals surface area contributed by atoms with E-state index >= 15 is 0 Å². The highest BCUT2D eigenvalue weighted by atomic mass is 16.5. The summed E-state index contributed by atoms with van der Waals surface area (Å²) in [5.74, 6) is 0.456. The summed E-state index contributed by atoms with van der Waals surface area (Å²) in [6.45, 7) is 4.23. The van der Waals surface area contributed by atoms with E-state index < -0.39 is 0 Å². The fourth-order valence-electron chi connectivity index (χ4n) is 4.01. The molecule has 1 saturated heterocycles. The van der Waals surface area contributed by atoms with Crippen LogP contribution in [0.3, 0.4) is 0 Å². The van der Waals surface area contributed by atoms with Gasteiger partial charge >= 0.3 is 0 Å². The number of carbonyl (C=O) groups is 2. The standard InChI is InChI=1S/C22H24N2O3/c1-2-27-20-10-6-5-9-19(20)24-15-18(13-21(24)25)22(26)23-12-11-16-7-3-4-8-17(16)14-23/h3-10,18H,2,11-15H2,1H3/t18-/m1/s1. The molecule has 5 heteroatoms. The van der Waals surface area contributed by atoms with Crippen LogP contribution in [-0.4, -0.2) is 36.4 Å². The third-order valence-corrected chi connectivity index (χ3v) is 5.37. The molecule has 0 bridgehead atoms. The van der Waals surface area contributed by atoms with Crippen molar-refractivity contribution in [2.75, 3.05) is 24.6 Å². The molecule has 2 amide bonds. The first-order chi connectivity index (χ1) is 13.2. The van der Waals surface area contributed by atoms with E-state index in [1.165, 1.54) is 11.1 Å². The average molecular weight is 364 g/mol. The summed E-state index contributed by atoms with van der Waals surface area (Å²) >= 11 is 0. The molecule has 140 valence electrons. The van der Waals surface area contributed by atoms with Crippen LogP contribution in [0.2, 0.25) is 0 Å². The fraction of sp³-hybridized carbons (Fsp3) is 0.364. The van der Waals surface area contributed by atoms with Crippen LogP contribution in [0.4, 0.5) is 5.69 Å². The SMILES string of the molecule is CCOc1ccccc1N1C[C@H](C(=O)N2CCc3ccccc3C2)CC1=O. The summed E-state index contributed by atoms with van der Waals surface area (Å²) in [6, 6.07) is 15.8. The maximum absolute atomic E-state index is 13.1. The van der Waals surface area contributed by atoms with Gasteiger partial charge in [-0.25, -0.2) is 0 Å². The molecule has 2 heterocycles. The number of benzene rings is 2. The van der Waals surface area contributed by atoms with E-state index in [9.17, 15) is 9.59 Å². The molecule has 2 aliphatic heterocycles. The average Bonchev–Trinajstić information content (AvgIpc) is 3.09. The predicted molar refractivity (Wildman–Crippen MR) is 104 cm³/mol. The molecule has 0 aromatic heterocycles. The van der Waals surface area contributed by atoms with Crippen LogP contribution in [-0.2, 0) is 22.6 Å². The third-order valence-electron chi connectivity index (χ3n) is 5.37. The molecule has 2 aliphatic rings. The molecule has 1 fully saturated rings. The molecule has 0 radical (unpaired) electrons. The maximum atomic E-state index is 13.1. The largest absolute Gasteiger partial charge is 0.492 e. The molecule has 4 rings (SSSR count). The Hall–Kier alpha value is -2.82. The molecule has 0 N–H and O–H groups in total. The van der Waals surface area contributed by atoms with Gasteiger partial charge in [0.05, 0.1) is 18.2 Å². The highest BCUT2D eigenvalue weighted by molar-refractivity contribution is 6.01. The van der Waals surface area contributed by atoms with E-state index in [4.69, 9.17) is 4.74 Å². The number of amides is 2. The number of hydrogen-bond acceptors (Lipinski definition) is 3. The third kappa shape index (κ3) is 3.42. The molecule has 5 nitrogen and oxygen atoms in total. The van der Waals surface area contributed by atoms with Gasteiger partial charge in [-0.05, 0) is 36.6 Å². The summed E-state index contributed by atoms with van der Waals surface area (Å²) in [5.41, 5.74) is 3.28. The smallest absolute Gasteiger partial charge is 0.228 e. The number of anilines is 1. The molecule has 0 saturated carbocycles. The number of fused-ring (bicyclic) bond motifs is 1. The maximum Gasteiger partial charge on any atom is 0.228 e. The van der Waals surface area contributed by atoms with Gasteiger partial charge in [0.15, 0.2) is 0 Å². The lowest BCUT2D eigenvalue weighted by atomic mass is 9.98. The van der Waals surface area contributed by atoms with Crippen LogP contribution in [0.1, 0.15) is 24.5 Å². The Morgan fingerprint density at radius 2 is 1.85 bits per heavy atom. The van der Waals surface area contributed by atoms with Gasteiger partial charge in [0.25, 0.3) is 0 Å². The minimum atomic E-state index is -0.294. The van der Waals surface area contributed by atoms with Gasteiger partial charge in [-0.15, -0.1) is 0 Å². The van der Waals surface area contributed by atoms with Crippen molar-refractivity contribution in [3.8, 4) is 5.75 Å².